The molecule has 2 aliphatic heterocycles. The first-order valence-corrected chi connectivity index (χ1v) is 25.7. The van der Waals surface area contributed by atoms with Crippen LogP contribution in [0.5, 0.6) is 17.4 Å². The van der Waals surface area contributed by atoms with Gasteiger partial charge in [0, 0.05) is 39.1 Å². The minimum Gasteiger partial charge on any atom is -0.508 e. The number of allylic oxidation sites excluding steroid dienone is 1. The number of likely N-dealkylation sites (tertiary alicyclic amines) is 1. The minimum absolute atomic E-state index is 0.0155. The topological polar surface area (TPSA) is 189 Å². The van der Waals surface area contributed by atoms with Crippen LogP contribution in [0.3, 0.4) is 0 Å². The molecule has 0 radical (unpaired) electrons. The number of nitrogens with zero attached hydrogens (tertiary/aromatic N) is 5. The van der Waals surface area contributed by atoms with Crippen LogP contribution in [0.25, 0.3) is 21.6 Å². The lowest BCUT2D eigenvalue weighted by molar-refractivity contribution is -0.134. The lowest BCUT2D eigenvalue weighted by Crippen LogP contribution is -2.51. The number of thiazole rings is 1. The third-order valence-electron chi connectivity index (χ3n) is 13.5. The molecule has 4 aromatic carbocycles. The number of aliphatic hydroxyl groups excluding tert-OH is 1. The van der Waals surface area contributed by atoms with Crippen LogP contribution < -0.4 is 14.8 Å². The largest absolute Gasteiger partial charge is 0.508 e. The lowest BCUT2D eigenvalue weighted by atomic mass is 9.88. The molecule has 1 saturated heterocycles. The fraction of sp³-hybridized carbons (Fsp3) is 0.368. The number of carbonyl (C=O) groups excluding carboxylic acids is 3. The monoisotopic (exact) mass is 1010 g/mol. The molecule has 6 aromatic rings. The molecule has 2 aromatic heterocycles. The molecule has 8 rings (SSSR count). The standard InChI is InChI=1S/C57H64N6O9S/c1-7-46(38-12-9-8-10-13-38)52(39-17-23-43(64)24-18-39)40-19-25-45(26-20-40)70-29-27-62(6)50(66)14-11-28-69-30-31-71-49-33-48(72-61-49)51(36(2)3)55(67)63-34-44(65)32-47(63)54-59-56(68)57(5,60-54)42-21-15-41(16-22-42)53-37(4)58-35-73-53/h8-10,12-13,15-26,33,35-36,44,47,51,64-65H,7,11,14,27-32,34H2,1-6H3,(H,59,60,68)/b52-46+/t44-,47-,51-,57+/m1/s1. The Morgan fingerprint density at radius 1 is 0.932 bits per heavy atom. The molecule has 0 aliphatic carbocycles. The van der Waals surface area contributed by atoms with E-state index in [1.54, 1.807) is 53.3 Å². The summed E-state index contributed by atoms with van der Waals surface area (Å²) in [5.41, 5.74) is 8.81. The summed E-state index contributed by atoms with van der Waals surface area (Å²) < 4.78 is 23.3. The summed E-state index contributed by atoms with van der Waals surface area (Å²) in [6, 6.07) is 34.2. The molecule has 4 atom stereocenters. The highest BCUT2D eigenvalue weighted by Crippen LogP contribution is 2.38. The summed E-state index contributed by atoms with van der Waals surface area (Å²) in [7, 11) is 1.76. The van der Waals surface area contributed by atoms with Gasteiger partial charge in [0.25, 0.3) is 11.8 Å². The van der Waals surface area contributed by atoms with E-state index in [-0.39, 0.29) is 61.4 Å². The number of aryl methyl sites for hydroxylation is 1. The molecule has 4 heterocycles. The van der Waals surface area contributed by atoms with Gasteiger partial charge in [0.1, 0.15) is 42.0 Å². The van der Waals surface area contributed by atoms with E-state index in [1.807, 2.05) is 105 Å². The third kappa shape index (κ3) is 12.2. The van der Waals surface area contributed by atoms with Crippen molar-refractivity contribution in [3.8, 4) is 27.8 Å². The van der Waals surface area contributed by atoms with E-state index in [0.717, 1.165) is 50.4 Å². The van der Waals surface area contributed by atoms with E-state index >= 15 is 0 Å². The second kappa shape index (κ2) is 23.6. The molecule has 1 fully saturated rings. The Balaban J connectivity index is 0.761. The van der Waals surface area contributed by atoms with Crippen LogP contribution in [0.4, 0.5) is 0 Å². The molecular weight excluding hydrogens is 945 g/mol. The number of phenols is 1. The summed E-state index contributed by atoms with van der Waals surface area (Å²) in [5, 5.41) is 28.2. The predicted octanol–water partition coefficient (Wildman–Crippen LogP) is 9.04. The number of aliphatic hydroxyl groups is 1. The first-order valence-electron chi connectivity index (χ1n) is 24.9. The first-order chi connectivity index (χ1) is 35.2. The highest BCUT2D eigenvalue weighted by molar-refractivity contribution is 7.13. The number of phenolic OH excluding ortho intramolecular Hbond substituents is 1. The van der Waals surface area contributed by atoms with Crippen molar-refractivity contribution in [1.82, 2.24) is 25.3 Å². The number of likely N-dealkylation sites (N-methyl/N-ethyl adjacent to an activating group) is 1. The van der Waals surface area contributed by atoms with Crippen LogP contribution >= 0.6 is 11.3 Å². The van der Waals surface area contributed by atoms with Gasteiger partial charge in [0.15, 0.2) is 5.76 Å². The van der Waals surface area contributed by atoms with Gasteiger partial charge in [-0.15, -0.1) is 11.3 Å². The maximum Gasteiger partial charge on any atom is 0.277 e. The number of β-amino-alcohol motifs (C(OH)–C–C–N with tert-alkyl or cyclic N) is 1. The van der Waals surface area contributed by atoms with E-state index in [2.05, 4.69) is 39.5 Å². The molecule has 0 bridgehead atoms. The number of nitrogens with one attached hydrogen (secondary N) is 1. The SMILES string of the molecule is CC/C(=C(/c1ccc(O)cc1)c1ccc(OCCN(C)C(=O)CCCOCCOc2cc([C@H](C(=O)N3C[C@H](O)C[C@@H]3C3=NC(=O)[C@](C)(c4ccc(-c5scnc5C)cc4)N3)C(C)C)on2)cc1)c1ccccc1. The predicted molar refractivity (Wildman–Crippen MR) is 281 cm³/mol. The molecule has 2 aliphatic rings. The van der Waals surface area contributed by atoms with E-state index < -0.39 is 23.6 Å². The second-order valence-electron chi connectivity index (χ2n) is 19.0. The van der Waals surface area contributed by atoms with Gasteiger partial charge < -0.3 is 44.1 Å². The quantitative estimate of drug-likeness (QED) is 0.0433. The number of rotatable bonds is 22. The van der Waals surface area contributed by atoms with Crippen molar-refractivity contribution < 1.29 is 43.3 Å². The van der Waals surface area contributed by atoms with Gasteiger partial charge in [-0.2, -0.15) is 4.99 Å². The first kappa shape index (κ1) is 52.2. The maximum atomic E-state index is 14.4. The fourth-order valence-corrected chi connectivity index (χ4v) is 10.2. The number of aliphatic imine (C=N–C) groups is 1. The zero-order chi connectivity index (χ0) is 51.6. The molecule has 0 saturated carbocycles. The zero-order valence-electron chi connectivity index (χ0n) is 42.2. The van der Waals surface area contributed by atoms with Crippen LogP contribution in [-0.4, -0.2) is 112 Å². The summed E-state index contributed by atoms with van der Waals surface area (Å²) >= 11 is 1.56. The van der Waals surface area contributed by atoms with Crippen LogP contribution in [0.1, 0.15) is 93.0 Å². The van der Waals surface area contributed by atoms with Gasteiger partial charge in [-0.05, 0) is 101 Å². The third-order valence-corrected chi connectivity index (χ3v) is 14.5. The second-order valence-corrected chi connectivity index (χ2v) is 19.8. The van der Waals surface area contributed by atoms with Gasteiger partial charge >= 0.3 is 0 Å². The Morgan fingerprint density at radius 3 is 2.32 bits per heavy atom. The number of ether oxygens (including phenoxy) is 3. The molecule has 3 N–H and O–H groups in total. The Bertz CT molecular complexity index is 2900. The van der Waals surface area contributed by atoms with Crippen molar-refractivity contribution in [1.29, 1.82) is 0 Å². The molecular formula is C57H64N6O9S. The van der Waals surface area contributed by atoms with Crippen molar-refractivity contribution in [2.75, 3.05) is 46.6 Å². The Labute approximate surface area is 430 Å². The zero-order valence-corrected chi connectivity index (χ0v) is 43.1. The number of carbonyl (C=O) groups is 3. The van der Waals surface area contributed by atoms with E-state index in [0.29, 0.717) is 49.9 Å². The fourth-order valence-electron chi connectivity index (χ4n) is 9.44. The van der Waals surface area contributed by atoms with Crippen molar-refractivity contribution in [3.05, 3.63) is 148 Å². The Kier molecular flexibility index (Phi) is 16.9. The molecule has 0 spiro atoms. The molecule has 382 valence electrons. The van der Waals surface area contributed by atoms with Gasteiger partial charge in [-0.1, -0.05) is 99.6 Å². The summed E-state index contributed by atoms with van der Waals surface area (Å²) in [4.78, 5) is 53.9. The maximum absolute atomic E-state index is 14.4. The highest BCUT2D eigenvalue weighted by atomic mass is 32.1. The van der Waals surface area contributed by atoms with Crippen molar-refractivity contribution >= 4 is 46.0 Å². The summed E-state index contributed by atoms with van der Waals surface area (Å²) in [6.07, 6.45) is 1.07. The summed E-state index contributed by atoms with van der Waals surface area (Å²) in [6.45, 7) is 11.3. The highest BCUT2D eigenvalue weighted by Gasteiger charge is 2.48. The van der Waals surface area contributed by atoms with Crippen LogP contribution in [-0.2, 0) is 24.7 Å². The lowest BCUT2D eigenvalue weighted by Gasteiger charge is -2.31. The molecule has 0 unspecified atom stereocenters. The number of hydrogen-bond donors (Lipinski definition) is 3. The van der Waals surface area contributed by atoms with Gasteiger partial charge in [-0.25, -0.2) is 4.98 Å². The van der Waals surface area contributed by atoms with Crippen LogP contribution in [0.2, 0.25) is 0 Å². The number of hydrogen-bond acceptors (Lipinski definition) is 13. The van der Waals surface area contributed by atoms with E-state index in [9.17, 15) is 24.6 Å². The average Bonchev–Trinajstić information content (AvgIpc) is 4.20. The molecule has 15 nitrogen and oxygen atoms in total. The van der Waals surface area contributed by atoms with Crippen molar-refractivity contribution in [2.45, 2.75) is 83.9 Å². The number of amides is 3. The minimum atomic E-state index is -1.15. The molecule has 73 heavy (non-hydrogen) atoms. The number of aromatic hydroxyl groups is 1. The van der Waals surface area contributed by atoms with Crippen LogP contribution in [0.15, 0.2) is 124 Å². The number of amidine groups is 1. The van der Waals surface area contributed by atoms with Crippen molar-refractivity contribution in [2.24, 2.45) is 10.9 Å². The smallest absolute Gasteiger partial charge is 0.277 e. The van der Waals surface area contributed by atoms with E-state index in [4.69, 9.17) is 18.7 Å². The molecule has 16 heteroatoms. The molecule has 3 amide bonds. The van der Waals surface area contributed by atoms with Crippen LogP contribution in [0, 0.1) is 12.8 Å². The number of benzene rings is 4. The van der Waals surface area contributed by atoms with E-state index in [1.165, 1.54) is 5.57 Å². The normalized spacial score (nSPS) is 18.3. The Morgan fingerprint density at radius 2 is 1.64 bits per heavy atom. The average molecular weight is 1010 g/mol. The summed E-state index contributed by atoms with van der Waals surface area (Å²) in [5.74, 6) is 0.150. The Hall–Kier alpha value is -7.14. The van der Waals surface area contributed by atoms with Gasteiger partial charge in [0.2, 0.25) is 11.8 Å². The van der Waals surface area contributed by atoms with Crippen molar-refractivity contribution in [3.63, 3.8) is 0 Å². The van der Waals surface area contributed by atoms with Gasteiger partial charge in [-0.3, -0.25) is 14.4 Å². The number of aromatic nitrogens is 2. The van der Waals surface area contributed by atoms with Gasteiger partial charge in [0.05, 0.1) is 41.4 Å².